The molecule has 0 spiro atoms. The summed E-state index contributed by atoms with van der Waals surface area (Å²) in [5.41, 5.74) is 2.92. The Labute approximate surface area is 211 Å². The van der Waals surface area contributed by atoms with Gasteiger partial charge in [-0.05, 0) is 43.2 Å². The van der Waals surface area contributed by atoms with E-state index in [4.69, 9.17) is 26.0 Å². The van der Waals surface area contributed by atoms with Gasteiger partial charge in [-0.15, -0.1) is 0 Å². The third-order valence-electron chi connectivity index (χ3n) is 5.45. The molecule has 3 aromatic carbocycles. The highest BCUT2D eigenvalue weighted by Crippen LogP contribution is 2.41. The number of halogens is 2. The van der Waals surface area contributed by atoms with Crippen molar-refractivity contribution in [3.8, 4) is 22.5 Å². The highest BCUT2D eigenvalue weighted by molar-refractivity contribution is 6.34. The van der Waals surface area contributed by atoms with Crippen molar-refractivity contribution in [2.45, 2.75) is 20.3 Å². The average molecular weight is 509 g/mol. The second-order valence-electron chi connectivity index (χ2n) is 7.89. The number of hydrogen-bond acceptors (Lipinski definition) is 5. The zero-order chi connectivity index (χ0) is 25.8. The number of carbonyl (C=O) groups is 2. The van der Waals surface area contributed by atoms with Gasteiger partial charge in [0.1, 0.15) is 17.2 Å². The zero-order valence-electron chi connectivity index (χ0n) is 19.5. The maximum absolute atomic E-state index is 15.3. The van der Waals surface area contributed by atoms with Crippen LogP contribution in [0.2, 0.25) is 5.02 Å². The molecule has 0 aliphatic heterocycles. The van der Waals surface area contributed by atoms with Gasteiger partial charge in [0.2, 0.25) is 0 Å². The van der Waals surface area contributed by atoms with Crippen molar-refractivity contribution in [2.24, 2.45) is 0 Å². The van der Waals surface area contributed by atoms with Gasteiger partial charge in [-0.3, -0.25) is 4.79 Å². The Balaban J connectivity index is 1.76. The molecule has 4 aromatic rings. The molecule has 0 atom stereocenters. The third-order valence-corrected chi connectivity index (χ3v) is 5.77. The maximum atomic E-state index is 15.3. The van der Waals surface area contributed by atoms with Gasteiger partial charge < -0.3 is 14.4 Å². The summed E-state index contributed by atoms with van der Waals surface area (Å²) in [6.07, 6.45) is -0.797. The van der Waals surface area contributed by atoms with Crippen LogP contribution >= 0.6 is 11.6 Å². The molecule has 184 valence electrons. The van der Waals surface area contributed by atoms with E-state index >= 15 is 4.39 Å². The van der Waals surface area contributed by atoms with Crippen LogP contribution in [-0.2, 0) is 16.0 Å². The van der Waals surface area contributed by atoms with E-state index < -0.39 is 17.9 Å². The number of amides is 1. The molecule has 0 aliphatic carbocycles. The summed E-state index contributed by atoms with van der Waals surface area (Å²) < 4.78 is 26.1. The quantitative estimate of drug-likeness (QED) is 0.288. The standard InChI is InChI=1S/C27H22ClFN2O5/c1-3-35-27(34)31(23-7-5-4-6-21(23)28)25-16(2)30-36-26(25)19-12-13-20(22(29)15-19)18-10-8-17(9-11-18)14-24(32)33/h4-13,15H,3,14H2,1-2H3,(H,32,33). The number of anilines is 2. The molecule has 7 nitrogen and oxygen atoms in total. The number of hydrogen-bond donors (Lipinski definition) is 1. The predicted molar refractivity (Wildman–Crippen MR) is 134 cm³/mol. The fourth-order valence-corrected chi connectivity index (χ4v) is 4.04. The first-order valence-electron chi connectivity index (χ1n) is 11.1. The summed E-state index contributed by atoms with van der Waals surface area (Å²) in [4.78, 5) is 25.2. The second-order valence-corrected chi connectivity index (χ2v) is 8.30. The van der Waals surface area contributed by atoms with E-state index in [0.717, 1.165) is 0 Å². The van der Waals surface area contributed by atoms with Crippen LogP contribution in [0.15, 0.2) is 71.3 Å². The highest BCUT2D eigenvalue weighted by Gasteiger charge is 2.30. The summed E-state index contributed by atoms with van der Waals surface area (Å²) >= 11 is 6.39. The maximum Gasteiger partial charge on any atom is 0.419 e. The zero-order valence-corrected chi connectivity index (χ0v) is 20.3. The monoisotopic (exact) mass is 508 g/mol. The van der Waals surface area contributed by atoms with Crippen LogP contribution in [0.3, 0.4) is 0 Å². The van der Waals surface area contributed by atoms with Crippen LogP contribution in [0.1, 0.15) is 18.2 Å². The van der Waals surface area contributed by atoms with Crippen LogP contribution in [0.5, 0.6) is 0 Å². The van der Waals surface area contributed by atoms with Crippen LogP contribution in [0, 0.1) is 12.7 Å². The van der Waals surface area contributed by atoms with E-state index in [0.29, 0.717) is 38.7 Å². The van der Waals surface area contributed by atoms with Crippen molar-refractivity contribution in [2.75, 3.05) is 11.5 Å². The van der Waals surface area contributed by atoms with Gasteiger partial charge in [-0.2, -0.15) is 0 Å². The lowest BCUT2D eigenvalue weighted by Gasteiger charge is -2.23. The summed E-state index contributed by atoms with van der Waals surface area (Å²) in [5, 5.41) is 13.3. The third kappa shape index (κ3) is 5.08. The van der Waals surface area contributed by atoms with Crippen molar-refractivity contribution >= 4 is 35.0 Å². The number of nitrogens with zero attached hydrogens (tertiary/aromatic N) is 2. The lowest BCUT2D eigenvalue weighted by Crippen LogP contribution is -2.27. The van der Waals surface area contributed by atoms with Crippen molar-refractivity contribution in [1.82, 2.24) is 5.16 Å². The van der Waals surface area contributed by atoms with Crippen molar-refractivity contribution in [3.63, 3.8) is 0 Å². The molecular weight excluding hydrogens is 487 g/mol. The topological polar surface area (TPSA) is 92.9 Å². The number of aromatic nitrogens is 1. The molecule has 0 bridgehead atoms. The van der Waals surface area contributed by atoms with Gasteiger partial charge in [0, 0.05) is 11.1 Å². The average Bonchev–Trinajstić information content (AvgIpc) is 3.22. The Bertz CT molecular complexity index is 1420. The largest absolute Gasteiger partial charge is 0.481 e. The molecule has 0 aliphatic rings. The van der Waals surface area contributed by atoms with E-state index in [1.807, 2.05) is 0 Å². The minimum atomic E-state index is -0.940. The first kappa shape index (κ1) is 24.9. The molecule has 0 saturated carbocycles. The summed E-state index contributed by atoms with van der Waals surface area (Å²) in [6, 6.07) is 17.9. The van der Waals surface area contributed by atoms with Crippen molar-refractivity contribution in [3.05, 3.63) is 88.8 Å². The van der Waals surface area contributed by atoms with Crippen LogP contribution in [0.25, 0.3) is 22.5 Å². The highest BCUT2D eigenvalue weighted by atomic mass is 35.5. The second kappa shape index (κ2) is 10.6. The molecule has 1 aromatic heterocycles. The Morgan fingerprint density at radius 1 is 1.08 bits per heavy atom. The van der Waals surface area contributed by atoms with E-state index in [2.05, 4.69) is 5.16 Å². The molecule has 1 heterocycles. The van der Waals surface area contributed by atoms with Crippen LogP contribution in [-0.4, -0.2) is 28.9 Å². The number of carboxylic acids is 1. The lowest BCUT2D eigenvalue weighted by atomic mass is 10.00. The number of rotatable bonds is 7. The van der Waals surface area contributed by atoms with E-state index in [1.54, 1.807) is 74.5 Å². The van der Waals surface area contributed by atoms with Crippen LogP contribution < -0.4 is 4.90 Å². The van der Waals surface area contributed by atoms with Crippen molar-refractivity contribution in [1.29, 1.82) is 0 Å². The molecule has 9 heteroatoms. The van der Waals surface area contributed by atoms with Crippen LogP contribution in [0.4, 0.5) is 20.6 Å². The van der Waals surface area contributed by atoms with Crippen molar-refractivity contribution < 1.29 is 28.3 Å². The summed E-state index contributed by atoms with van der Waals surface area (Å²) in [7, 11) is 0. The van der Waals surface area contributed by atoms with Gasteiger partial charge in [0.15, 0.2) is 5.76 Å². The number of aliphatic carboxylic acids is 1. The molecule has 0 radical (unpaired) electrons. The molecule has 4 rings (SSSR count). The molecular formula is C27H22ClFN2O5. The Morgan fingerprint density at radius 3 is 2.42 bits per heavy atom. The number of carboxylic acid groups (broad SMARTS) is 1. The van der Waals surface area contributed by atoms with Gasteiger partial charge in [0.05, 0.1) is 23.7 Å². The first-order valence-corrected chi connectivity index (χ1v) is 11.5. The van der Waals surface area contributed by atoms with Gasteiger partial charge in [-0.25, -0.2) is 14.1 Å². The smallest absolute Gasteiger partial charge is 0.419 e. The normalized spacial score (nSPS) is 10.8. The molecule has 0 fully saturated rings. The fraction of sp³-hybridized carbons (Fsp3) is 0.148. The van der Waals surface area contributed by atoms with Gasteiger partial charge in [0.25, 0.3) is 0 Å². The number of benzene rings is 3. The number of aryl methyl sites for hydroxylation is 1. The Kier molecular flexibility index (Phi) is 7.36. The van der Waals surface area contributed by atoms with E-state index in [-0.39, 0.29) is 24.5 Å². The molecule has 1 amide bonds. The molecule has 0 unspecified atom stereocenters. The van der Waals surface area contributed by atoms with Gasteiger partial charge >= 0.3 is 12.1 Å². The fourth-order valence-electron chi connectivity index (χ4n) is 3.82. The number of ether oxygens (including phenoxy) is 1. The lowest BCUT2D eigenvalue weighted by molar-refractivity contribution is -0.136. The number of carbonyl (C=O) groups excluding carboxylic acids is 1. The van der Waals surface area contributed by atoms with E-state index in [1.165, 1.54) is 11.0 Å². The Hall–Kier alpha value is -4.17. The van der Waals surface area contributed by atoms with Gasteiger partial charge in [-0.1, -0.05) is 65.3 Å². The van der Waals surface area contributed by atoms with E-state index in [9.17, 15) is 9.59 Å². The molecule has 36 heavy (non-hydrogen) atoms. The number of para-hydroxylation sites is 1. The summed E-state index contributed by atoms with van der Waals surface area (Å²) in [6.45, 7) is 3.48. The molecule has 0 saturated heterocycles. The SMILES string of the molecule is CCOC(=O)N(c1ccccc1Cl)c1c(C)noc1-c1ccc(-c2ccc(CC(=O)O)cc2)c(F)c1. The predicted octanol–water partition coefficient (Wildman–Crippen LogP) is 7.03. The first-order chi connectivity index (χ1) is 17.3. The minimum absolute atomic E-state index is 0.113. The Morgan fingerprint density at radius 2 is 1.78 bits per heavy atom. The minimum Gasteiger partial charge on any atom is -0.481 e. The molecule has 1 N–H and O–H groups in total. The summed E-state index contributed by atoms with van der Waals surface area (Å²) in [5.74, 6) is -1.30.